The number of hydrogen-bond donors (Lipinski definition) is 2. The number of nitrogens with one attached hydrogen (secondary N) is 2. The number of anilines is 2. The number of amides is 2. The third-order valence-corrected chi connectivity index (χ3v) is 3.50. The SMILES string of the molecule is Cc1ccc(NC(=O)Nc2cccc(-c3ccnc(C)n3)c2)cc1. The quantitative estimate of drug-likeness (QED) is 0.752. The van der Waals surface area contributed by atoms with Gasteiger partial charge in [-0.05, 0) is 44.2 Å². The average Bonchev–Trinajstić information content (AvgIpc) is 2.57. The Hall–Kier alpha value is -3.21. The standard InChI is InChI=1S/C19H18N4O/c1-13-6-8-16(9-7-13)22-19(24)23-17-5-3-4-15(12-17)18-10-11-20-14(2)21-18/h3-12H,1-2H3,(H2,22,23,24). The van der Waals surface area contributed by atoms with Gasteiger partial charge in [-0.15, -0.1) is 0 Å². The molecular weight excluding hydrogens is 300 g/mol. The van der Waals surface area contributed by atoms with E-state index in [1.54, 1.807) is 6.20 Å². The number of urea groups is 1. The predicted molar refractivity (Wildman–Crippen MR) is 96.0 cm³/mol. The van der Waals surface area contributed by atoms with Crippen molar-refractivity contribution in [3.63, 3.8) is 0 Å². The Morgan fingerprint density at radius 3 is 2.42 bits per heavy atom. The minimum absolute atomic E-state index is 0.283. The van der Waals surface area contributed by atoms with Gasteiger partial charge < -0.3 is 10.6 Å². The lowest BCUT2D eigenvalue weighted by Gasteiger charge is -2.09. The summed E-state index contributed by atoms with van der Waals surface area (Å²) in [6.45, 7) is 3.85. The summed E-state index contributed by atoms with van der Waals surface area (Å²) in [7, 11) is 0. The van der Waals surface area contributed by atoms with Gasteiger partial charge in [0.05, 0.1) is 5.69 Å². The zero-order valence-corrected chi connectivity index (χ0v) is 13.6. The number of rotatable bonds is 3. The van der Waals surface area contributed by atoms with Crippen LogP contribution in [0.3, 0.4) is 0 Å². The van der Waals surface area contributed by atoms with E-state index >= 15 is 0 Å². The number of nitrogens with zero attached hydrogens (tertiary/aromatic N) is 2. The van der Waals surface area contributed by atoms with Crippen molar-refractivity contribution in [3.8, 4) is 11.3 Å². The summed E-state index contributed by atoms with van der Waals surface area (Å²) in [6.07, 6.45) is 1.72. The van der Waals surface area contributed by atoms with Crippen LogP contribution in [0.2, 0.25) is 0 Å². The third kappa shape index (κ3) is 3.95. The molecule has 0 saturated carbocycles. The van der Waals surface area contributed by atoms with Crippen LogP contribution in [0.5, 0.6) is 0 Å². The van der Waals surface area contributed by atoms with Crippen molar-refractivity contribution in [3.05, 3.63) is 72.2 Å². The number of hydrogen-bond acceptors (Lipinski definition) is 3. The largest absolute Gasteiger partial charge is 0.323 e. The van der Waals surface area contributed by atoms with Crippen molar-refractivity contribution >= 4 is 17.4 Å². The number of carbonyl (C=O) groups excluding carboxylic acids is 1. The van der Waals surface area contributed by atoms with Crippen molar-refractivity contribution < 1.29 is 4.79 Å². The van der Waals surface area contributed by atoms with Crippen molar-refractivity contribution in [1.82, 2.24) is 9.97 Å². The van der Waals surface area contributed by atoms with E-state index in [9.17, 15) is 4.79 Å². The van der Waals surface area contributed by atoms with E-state index in [0.29, 0.717) is 11.5 Å². The molecule has 2 N–H and O–H groups in total. The molecular formula is C19H18N4O. The fraction of sp³-hybridized carbons (Fsp3) is 0.105. The van der Waals surface area contributed by atoms with Crippen molar-refractivity contribution in [1.29, 1.82) is 0 Å². The first kappa shape index (κ1) is 15.7. The zero-order valence-electron chi connectivity index (χ0n) is 13.6. The van der Waals surface area contributed by atoms with Gasteiger partial charge in [0.25, 0.3) is 0 Å². The number of aromatic nitrogens is 2. The Balaban J connectivity index is 1.72. The molecule has 5 heteroatoms. The normalized spacial score (nSPS) is 10.2. The molecule has 2 aromatic carbocycles. The maximum atomic E-state index is 12.1. The highest BCUT2D eigenvalue weighted by atomic mass is 16.2. The molecule has 5 nitrogen and oxygen atoms in total. The van der Waals surface area contributed by atoms with Crippen LogP contribution in [-0.2, 0) is 0 Å². The molecule has 3 aromatic rings. The lowest BCUT2D eigenvalue weighted by Crippen LogP contribution is -2.19. The van der Waals surface area contributed by atoms with Gasteiger partial charge in [0.2, 0.25) is 0 Å². The van der Waals surface area contributed by atoms with E-state index in [1.807, 2.05) is 68.4 Å². The molecule has 1 heterocycles. The van der Waals surface area contributed by atoms with Crippen LogP contribution in [-0.4, -0.2) is 16.0 Å². The molecule has 0 saturated heterocycles. The molecule has 0 aliphatic carbocycles. The van der Waals surface area contributed by atoms with Gasteiger partial charge in [-0.3, -0.25) is 0 Å². The molecule has 24 heavy (non-hydrogen) atoms. The third-order valence-electron chi connectivity index (χ3n) is 3.50. The van der Waals surface area contributed by atoms with Gasteiger partial charge in [-0.25, -0.2) is 14.8 Å². The highest BCUT2D eigenvalue weighted by molar-refractivity contribution is 6.00. The molecule has 1 aromatic heterocycles. The molecule has 0 aliphatic rings. The first-order chi connectivity index (χ1) is 11.6. The number of benzene rings is 2. The Labute approximate surface area is 140 Å². The maximum absolute atomic E-state index is 12.1. The monoisotopic (exact) mass is 318 g/mol. The van der Waals surface area contributed by atoms with E-state index in [-0.39, 0.29) is 6.03 Å². The van der Waals surface area contributed by atoms with E-state index < -0.39 is 0 Å². The number of aryl methyl sites for hydroxylation is 2. The van der Waals surface area contributed by atoms with Crippen LogP contribution in [0.15, 0.2) is 60.8 Å². The summed E-state index contributed by atoms with van der Waals surface area (Å²) in [5.74, 6) is 0.711. The second kappa shape index (κ2) is 6.91. The summed E-state index contributed by atoms with van der Waals surface area (Å²) in [5, 5.41) is 5.65. The van der Waals surface area contributed by atoms with Crippen LogP contribution in [0.1, 0.15) is 11.4 Å². The Bertz CT molecular complexity index is 859. The van der Waals surface area contributed by atoms with Gasteiger partial charge in [0.15, 0.2) is 0 Å². The van der Waals surface area contributed by atoms with Crippen molar-refractivity contribution in [2.45, 2.75) is 13.8 Å². The summed E-state index contributed by atoms with van der Waals surface area (Å²) >= 11 is 0. The van der Waals surface area contributed by atoms with E-state index in [4.69, 9.17) is 0 Å². The molecule has 0 bridgehead atoms. The van der Waals surface area contributed by atoms with Crippen LogP contribution >= 0.6 is 0 Å². The maximum Gasteiger partial charge on any atom is 0.323 e. The molecule has 0 spiro atoms. The van der Waals surface area contributed by atoms with Crippen molar-refractivity contribution in [2.24, 2.45) is 0 Å². The van der Waals surface area contributed by atoms with Gasteiger partial charge in [-0.2, -0.15) is 0 Å². The predicted octanol–water partition coefficient (Wildman–Crippen LogP) is 4.40. The number of carbonyl (C=O) groups is 1. The van der Waals surface area contributed by atoms with Crippen LogP contribution in [0.25, 0.3) is 11.3 Å². The molecule has 0 radical (unpaired) electrons. The summed E-state index contributed by atoms with van der Waals surface area (Å²) in [5.41, 5.74) is 4.35. The second-order valence-corrected chi connectivity index (χ2v) is 5.52. The minimum atomic E-state index is -0.283. The Morgan fingerprint density at radius 1 is 0.917 bits per heavy atom. The molecule has 2 amide bonds. The zero-order chi connectivity index (χ0) is 16.9. The van der Waals surface area contributed by atoms with Gasteiger partial charge in [0.1, 0.15) is 5.82 Å². The molecule has 120 valence electrons. The molecule has 3 rings (SSSR count). The Morgan fingerprint density at radius 2 is 1.67 bits per heavy atom. The lowest BCUT2D eigenvalue weighted by atomic mass is 10.1. The molecule has 0 unspecified atom stereocenters. The average molecular weight is 318 g/mol. The van der Waals surface area contributed by atoms with Crippen LogP contribution < -0.4 is 10.6 Å². The van der Waals surface area contributed by atoms with Crippen LogP contribution in [0.4, 0.5) is 16.2 Å². The first-order valence-electron chi connectivity index (χ1n) is 7.65. The summed E-state index contributed by atoms with van der Waals surface area (Å²) in [6, 6.07) is 16.8. The lowest BCUT2D eigenvalue weighted by molar-refractivity contribution is 0.262. The summed E-state index contributed by atoms with van der Waals surface area (Å²) < 4.78 is 0. The first-order valence-corrected chi connectivity index (χ1v) is 7.65. The summed E-state index contributed by atoms with van der Waals surface area (Å²) in [4.78, 5) is 20.6. The fourth-order valence-corrected chi connectivity index (χ4v) is 2.30. The van der Waals surface area contributed by atoms with Crippen LogP contribution in [0, 0.1) is 13.8 Å². The highest BCUT2D eigenvalue weighted by Crippen LogP contribution is 2.21. The van der Waals surface area contributed by atoms with E-state index in [1.165, 1.54) is 0 Å². The van der Waals surface area contributed by atoms with Gasteiger partial charge >= 0.3 is 6.03 Å². The Kier molecular flexibility index (Phi) is 4.52. The van der Waals surface area contributed by atoms with Gasteiger partial charge in [0, 0.05) is 23.1 Å². The molecule has 0 fully saturated rings. The molecule has 0 aliphatic heterocycles. The highest BCUT2D eigenvalue weighted by Gasteiger charge is 2.05. The smallest absolute Gasteiger partial charge is 0.308 e. The van der Waals surface area contributed by atoms with E-state index in [0.717, 1.165) is 22.5 Å². The fourth-order valence-electron chi connectivity index (χ4n) is 2.30. The molecule has 0 atom stereocenters. The van der Waals surface area contributed by atoms with Crippen molar-refractivity contribution in [2.75, 3.05) is 10.6 Å². The minimum Gasteiger partial charge on any atom is -0.308 e. The second-order valence-electron chi connectivity index (χ2n) is 5.52. The van der Waals surface area contributed by atoms with Gasteiger partial charge in [-0.1, -0.05) is 29.8 Å². The topological polar surface area (TPSA) is 66.9 Å². The van der Waals surface area contributed by atoms with E-state index in [2.05, 4.69) is 20.6 Å².